The minimum atomic E-state index is 0. The molecular formula is C79H86Cl2N2O4S2Zr. The summed E-state index contributed by atoms with van der Waals surface area (Å²) in [4.78, 5) is 1.59. The molecule has 4 aromatic heterocycles. The van der Waals surface area contributed by atoms with Crippen LogP contribution in [0.5, 0.6) is 17.2 Å². The summed E-state index contributed by atoms with van der Waals surface area (Å²) in [5, 5.41) is 40.8. The maximum Gasteiger partial charge on any atom is 0.263 e. The van der Waals surface area contributed by atoms with E-state index in [9.17, 15) is 10.2 Å². The molecule has 0 spiro atoms. The van der Waals surface area contributed by atoms with E-state index >= 15 is 0 Å². The molecule has 5 N–H and O–H groups in total. The number of nitrogens with zero attached hydrogens (tertiary/aromatic N) is 2. The van der Waals surface area contributed by atoms with Gasteiger partial charge in [-0.25, -0.2) is 0 Å². The maximum absolute atomic E-state index is 11.7. The first kappa shape index (κ1) is 69.2. The quantitative estimate of drug-likeness (QED) is 0.0857. The number of aryl methyl sites for hydroxylation is 1. The number of aromatic hydroxyl groups is 3. The normalized spacial score (nSPS) is 11.8. The Hall–Kier alpha value is -6.68. The van der Waals surface area contributed by atoms with Crippen molar-refractivity contribution in [1.82, 2.24) is 9.13 Å². The number of thiophene rings is 2. The second-order valence-corrected chi connectivity index (χ2v) is 29.8. The standard InChI is InChI=1S/C34H38ClNO3S.C31H32ClNOS.2C7H7.Zr/c1-33(2,3)21-9-12-27-24(17-21)25-18-22(34(4,5)6)10-13-28(25)36(27)29-20-40-32(31(29)38)26-19-23(35)11-14-30(26)39-16-8-7-15-37;1-18-8-11-21(32)16-22(18)29-28(34)27(17-35-29)33-25-12-9-19(30(2,3)4)14-23(25)24-15-20(31(5,6)7)10-13-26(24)33;2*1-7-5-3-2-4-6-7;/h9-14,17-20,37-38H,7-8,15-16H2,1-6H3;8-17,34H,1-7H3;2*2-6H,1H2;/q;;2*-1;/p+2. The van der Waals surface area contributed by atoms with Crippen molar-refractivity contribution in [3.05, 3.63) is 243 Å². The fourth-order valence-electron chi connectivity index (χ4n) is 10.9. The molecule has 0 fully saturated rings. The molecular weight excluding hydrogens is 1270 g/mol. The molecule has 0 amide bonds. The smallest absolute Gasteiger partial charge is 0.263 e. The molecule has 0 atom stereocenters. The Kier molecular flexibility index (Phi) is 21.9. The van der Waals surface area contributed by atoms with Gasteiger partial charge in [-0.3, -0.25) is 0 Å². The van der Waals surface area contributed by atoms with E-state index < -0.39 is 0 Å². The van der Waals surface area contributed by atoms with Crippen LogP contribution in [0.2, 0.25) is 10.0 Å². The Bertz CT molecular complexity index is 4250. The second-order valence-electron chi connectivity index (χ2n) is 27.1. The molecule has 0 unspecified atom stereocenters. The summed E-state index contributed by atoms with van der Waals surface area (Å²) in [5.41, 5.74) is 16.2. The van der Waals surface area contributed by atoms with Crippen LogP contribution in [0.4, 0.5) is 0 Å². The number of fused-ring (bicyclic) bond motifs is 6. The van der Waals surface area contributed by atoms with Crippen LogP contribution in [-0.2, 0) is 47.9 Å². The summed E-state index contributed by atoms with van der Waals surface area (Å²) in [5.74, 6) is 1.33. The van der Waals surface area contributed by atoms with Crippen LogP contribution in [0.25, 0.3) is 75.9 Å². The van der Waals surface area contributed by atoms with Crippen LogP contribution in [0.3, 0.4) is 0 Å². The first-order chi connectivity index (χ1) is 42.0. The van der Waals surface area contributed by atoms with Gasteiger partial charge in [-0.05, 0) is 135 Å². The number of halogens is 2. The van der Waals surface area contributed by atoms with Crippen molar-refractivity contribution in [2.75, 3.05) is 13.2 Å². The number of rotatable bonds is 9. The minimum Gasteiger partial charge on any atom is -0.582 e. The van der Waals surface area contributed by atoms with Gasteiger partial charge in [0.2, 0.25) is 0 Å². The SMILES string of the molecule is CC(C)(C)c1ccc2c(c1)c1cc(C(C)(C)C)ccc1n2-c1csc(-c2cc(Cl)ccc2[OH+]CCCC[OH2+])c1O.Cc1ccc(Cl)cc1-c1scc(-n2c3ccc(C(C)(C)C)cc3c3cc(C(C)(C)C)ccc32)c1O.[CH2-]c1ccccc1.[CH2-]c1ccccc1.[Zr]. The van der Waals surface area contributed by atoms with Crippen molar-refractivity contribution in [2.45, 2.75) is 125 Å². The van der Waals surface area contributed by atoms with Gasteiger partial charge in [0.05, 0.1) is 48.8 Å². The molecule has 0 saturated heterocycles. The van der Waals surface area contributed by atoms with Crippen LogP contribution in [0, 0.1) is 20.8 Å². The van der Waals surface area contributed by atoms with E-state index in [1.807, 2.05) is 109 Å². The molecule has 12 rings (SSSR count). The third kappa shape index (κ3) is 15.6. The molecule has 90 heavy (non-hydrogen) atoms. The zero-order valence-corrected chi connectivity index (χ0v) is 60.0. The van der Waals surface area contributed by atoms with E-state index in [0.29, 0.717) is 29.0 Å². The summed E-state index contributed by atoms with van der Waals surface area (Å²) in [6.45, 7) is 37.5. The predicted molar refractivity (Wildman–Crippen MR) is 387 cm³/mol. The molecule has 8 aromatic carbocycles. The molecule has 0 aliphatic rings. The first-order valence-electron chi connectivity index (χ1n) is 30.5. The largest absolute Gasteiger partial charge is 0.582 e. The third-order valence-corrected chi connectivity index (χ3v) is 18.6. The van der Waals surface area contributed by atoms with Gasteiger partial charge in [0.1, 0.15) is 6.61 Å². The Morgan fingerprint density at radius 2 is 0.800 bits per heavy atom. The fraction of sp³-hybridized carbons (Fsp3) is 0.266. The average Bonchev–Trinajstić information content (AvgIpc) is 1.59. The van der Waals surface area contributed by atoms with Gasteiger partial charge in [-0.1, -0.05) is 149 Å². The molecule has 6 nitrogen and oxygen atoms in total. The van der Waals surface area contributed by atoms with Gasteiger partial charge in [0.25, 0.3) is 5.75 Å². The second kappa shape index (κ2) is 28.5. The number of aromatic nitrogens is 2. The number of aliphatic hydroxyl groups is 1. The summed E-state index contributed by atoms with van der Waals surface area (Å²) in [6, 6.07) is 58.1. The number of hydrogen-bond acceptors (Lipinski definition) is 4. The number of unbranched alkanes of at least 4 members (excludes halogenated alkanes) is 1. The van der Waals surface area contributed by atoms with Crippen LogP contribution < -0.4 is 0 Å². The Labute approximate surface area is 570 Å². The molecule has 11 heteroatoms. The van der Waals surface area contributed by atoms with Crippen LogP contribution in [-0.4, -0.2) is 42.4 Å². The van der Waals surface area contributed by atoms with E-state index in [1.54, 1.807) is 11.3 Å². The van der Waals surface area contributed by atoms with Crippen molar-refractivity contribution < 1.29 is 46.3 Å². The summed E-state index contributed by atoms with van der Waals surface area (Å²) in [7, 11) is 0. The third-order valence-electron chi connectivity index (χ3n) is 16.2. The molecule has 0 aliphatic carbocycles. The number of hydrogen-bond donors (Lipinski definition) is 2. The van der Waals surface area contributed by atoms with Crippen molar-refractivity contribution in [1.29, 1.82) is 0 Å². The molecule has 12 aromatic rings. The number of ether oxygens (including phenoxy) is 1. The molecule has 4 heterocycles. The van der Waals surface area contributed by atoms with E-state index in [4.69, 9.17) is 33.0 Å². The van der Waals surface area contributed by atoms with Gasteiger partial charge >= 0.3 is 0 Å². The topological polar surface area (TPSA) is 86.0 Å². The molecule has 466 valence electrons. The Balaban J connectivity index is 0.000000189. The van der Waals surface area contributed by atoms with Crippen molar-refractivity contribution in [3.63, 3.8) is 0 Å². The van der Waals surface area contributed by atoms with E-state index in [2.05, 4.69) is 184 Å². The van der Waals surface area contributed by atoms with Gasteiger partial charge < -0.3 is 29.2 Å². The van der Waals surface area contributed by atoms with E-state index in [0.717, 1.165) is 89.6 Å². The van der Waals surface area contributed by atoms with Gasteiger partial charge in [-0.15, -0.1) is 46.9 Å². The Morgan fingerprint density at radius 3 is 1.13 bits per heavy atom. The predicted octanol–water partition coefficient (Wildman–Crippen LogP) is 22.7. The number of benzene rings is 8. The monoisotopic (exact) mass is 1350 g/mol. The molecule has 0 radical (unpaired) electrons. The minimum absolute atomic E-state index is 0. The van der Waals surface area contributed by atoms with Crippen molar-refractivity contribution in [3.8, 4) is 49.5 Å². The van der Waals surface area contributed by atoms with Crippen molar-refractivity contribution in [2.24, 2.45) is 0 Å². The van der Waals surface area contributed by atoms with Crippen LogP contribution in [0.15, 0.2) is 181 Å². The zero-order chi connectivity index (χ0) is 64.3. The van der Waals surface area contributed by atoms with Gasteiger partial charge in [-0.2, -0.15) is 49.2 Å². The molecule has 0 bridgehead atoms. The van der Waals surface area contributed by atoms with Crippen molar-refractivity contribution >= 4 is 89.5 Å². The Morgan fingerprint density at radius 1 is 0.456 bits per heavy atom. The average molecular weight is 1350 g/mol. The van der Waals surface area contributed by atoms with Crippen LogP contribution in [0.1, 0.15) is 135 Å². The van der Waals surface area contributed by atoms with E-state index in [1.165, 1.54) is 55.1 Å². The van der Waals surface area contributed by atoms with Gasteiger partial charge in [0.15, 0.2) is 18.1 Å². The summed E-state index contributed by atoms with van der Waals surface area (Å²) in [6.07, 6.45) is 1.68. The van der Waals surface area contributed by atoms with E-state index in [-0.39, 0.29) is 53.6 Å². The fourth-order valence-corrected chi connectivity index (χ4v) is 13.2. The maximum atomic E-state index is 11.7. The molecule has 0 saturated carbocycles. The zero-order valence-electron chi connectivity index (χ0n) is 54.4. The van der Waals surface area contributed by atoms with Gasteiger partial charge in [0, 0.05) is 87.5 Å². The summed E-state index contributed by atoms with van der Waals surface area (Å²) < 4.78 is 9.18. The first-order valence-corrected chi connectivity index (χ1v) is 33.0. The molecule has 0 aliphatic heterocycles. The summed E-state index contributed by atoms with van der Waals surface area (Å²) >= 11 is 15.8. The van der Waals surface area contributed by atoms with Crippen LogP contribution >= 0.6 is 45.9 Å².